The van der Waals surface area contributed by atoms with E-state index in [2.05, 4.69) is 6.58 Å². The number of carbonyl (C=O) groups excluding carboxylic acids is 2. The predicted molar refractivity (Wildman–Crippen MR) is 131 cm³/mol. The van der Waals surface area contributed by atoms with Crippen LogP contribution in [0, 0.1) is 31.6 Å². The molecule has 190 valence electrons. The van der Waals surface area contributed by atoms with Crippen LogP contribution in [0.4, 0.5) is 5.69 Å². The number of benzene rings is 1. The Morgan fingerprint density at radius 3 is 2.51 bits per heavy atom. The van der Waals surface area contributed by atoms with Crippen molar-refractivity contribution in [2.75, 3.05) is 24.6 Å². The summed E-state index contributed by atoms with van der Waals surface area (Å²) in [6.45, 7) is 11.9. The molecule has 1 aromatic carbocycles. The molecule has 0 radical (unpaired) electrons. The fraction of sp³-hybridized carbons (Fsp3) is 0.593. The molecule has 8 heteroatoms. The molecule has 0 aliphatic carbocycles. The third-order valence-corrected chi connectivity index (χ3v) is 8.41. The topological polar surface area (TPSA) is 107 Å². The van der Waals surface area contributed by atoms with Gasteiger partial charge in [-0.25, -0.2) is 0 Å². The Kier molecular flexibility index (Phi) is 6.57. The number of carboxylic acid groups (broad SMARTS) is 1. The van der Waals surface area contributed by atoms with Crippen molar-refractivity contribution in [1.29, 1.82) is 0 Å². The van der Waals surface area contributed by atoms with Crippen LogP contribution >= 0.6 is 0 Å². The Bertz CT molecular complexity index is 1040. The van der Waals surface area contributed by atoms with Gasteiger partial charge in [-0.05, 0) is 57.1 Å². The van der Waals surface area contributed by atoms with Gasteiger partial charge in [0.15, 0.2) is 0 Å². The largest absolute Gasteiger partial charge is 0.481 e. The van der Waals surface area contributed by atoms with Crippen LogP contribution in [-0.4, -0.2) is 69.8 Å². The molecule has 4 rings (SSSR count). The normalized spacial score (nSPS) is 33.2. The molecule has 3 saturated heterocycles. The number of ether oxygens (including phenoxy) is 1. The van der Waals surface area contributed by atoms with Crippen molar-refractivity contribution in [3.63, 3.8) is 0 Å². The van der Waals surface area contributed by atoms with E-state index >= 15 is 0 Å². The van der Waals surface area contributed by atoms with Crippen LogP contribution < -0.4 is 4.90 Å². The van der Waals surface area contributed by atoms with Crippen LogP contribution in [0.15, 0.2) is 30.9 Å². The van der Waals surface area contributed by atoms with Crippen molar-refractivity contribution < 1.29 is 29.3 Å². The van der Waals surface area contributed by atoms with Gasteiger partial charge in [0.05, 0.1) is 11.5 Å². The van der Waals surface area contributed by atoms with Crippen molar-refractivity contribution in [2.45, 2.75) is 64.2 Å². The summed E-state index contributed by atoms with van der Waals surface area (Å²) < 4.78 is 6.56. The number of aliphatic carboxylic acids is 1. The van der Waals surface area contributed by atoms with E-state index in [1.165, 1.54) is 4.90 Å². The number of rotatable bonds is 9. The standard InChI is InChI=1S/C27H36N2O6/c1-6-12-28(21-16(2)10-9-11-17(21)3)24(32)22-27-15-18(4)26(5,35-27)20(25(33)34)19(27)23(31)29(22)13-7-8-14-30/h6,9-11,18-20,22,30H,1,7-8,12-15H2,2-5H3,(H,33,34)/t18?,19-,20-,22?,26+,27?/m0/s1. The average Bonchev–Trinajstić information content (AvgIpc) is 3.30. The third-order valence-electron chi connectivity index (χ3n) is 8.41. The summed E-state index contributed by atoms with van der Waals surface area (Å²) in [4.78, 5) is 43.9. The summed E-state index contributed by atoms with van der Waals surface area (Å²) in [5.74, 6) is -3.78. The van der Waals surface area contributed by atoms with E-state index in [4.69, 9.17) is 4.74 Å². The van der Waals surface area contributed by atoms with Gasteiger partial charge in [0, 0.05) is 25.4 Å². The zero-order chi connectivity index (χ0) is 25.7. The number of nitrogens with zero attached hydrogens (tertiary/aromatic N) is 2. The first-order valence-corrected chi connectivity index (χ1v) is 12.4. The van der Waals surface area contributed by atoms with Gasteiger partial charge in [0.1, 0.15) is 17.6 Å². The molecule has 0 saturated carbocycles. The van der Waals surface area contributed by atoms with Gasteiger partial charge < -0.3 is 24.7 Å². The van der Waals surface area contributed by atoms with Gasteiger partial charge >= 0.3 is 5.97 Å². The number of unbranched alkanes of at least 4 members (excludes halogenated alkanes) is 1. The molecular weight excluding hydrogens is 448 g/mol. The lowest BCUT2D eigenvalue weighted by molar-refractivity contribution is -0.156. The highest BCUT2D eigenvalue weighted by Gasteiger charge is 2.80. The SMILES string of the molecule is C=CCN(C(=O)C1N(CCCCO)C(=O)[C@@H]2[C@@H](C(=O)O)[C@]3(C)OC12CC3C)c1c(C)cccc1C. The number of likely N-dealkylation sites (tertiary alicyclic amines) is 1. The summed E-state index contributed by atoms with van der Waals surface area (Å²) in [5.41, 5.74) is 0.378. The fourth-order valence-corrected chi connectivity index (χ4v) is 6.83. The van der Waals surface area contributed by atoms with Gasteiger partial charge in [-0.1, -0.05) is 31.2 Å². The van der Waals surface area contributed by atoms with Gasteiger partial charge in [-0.2, -0.15) is 0 Å². The molecule has 3 unspecified atom stereocenters. The summed E-state index contributed by atoms with van der Waals surface area (Å²) in [7, 11) is 0. The van der Waals surface area contributed by atoms with Crippen molar-refractivity contribution in [3.05, 3.63) is 42.0 Å². The quantitative estimate of drug-likeness (QED) is 0.412. The molecule has 0 aromatic heterocycles. The molecule has 6 atom stereocenters. The maximum absolute atomic E-state index is 14.4. The fourth-order valence-electron chi connectivity index (χ4n) is 6.83. The Hall–Kier alpha value is -2.71. The maximum Gasteiger partial charge on any atom is 0.310 e. The first-order chi connectivity index (χ1) is 16.5. The molecule has 2 bridgehead atoms. The predicted octanol–water partition coefficient (Wildman–Crippen LogP) is 2.69. The number of fused-ring (bicyclic) bond motifs is 1. The smallest absolute Gasteiger partial charge is 0.310 e. The number of para-hydroxylation sites is 1. The summed E-state index contributed by atoms with van der Waals surface area (Å²) in [6, 6.07) is 4.85. The minimum atomic E-state index is -1.21. The van der Waals surface area contributed by atoms with Crippen molar-refractivity contribution in [3.8, 4) is 0 Å². The van der Waals surface area contributed by atoms with Crippen LogP contribution in [0.25, 0.3) is 0 Å². The number of aliphatic hydroxyl groups excluding tert-OH is 1. The Morgan fingerprint density at radius 2 is 1.94 bits per heavy atom. The molecule has 1 aromatic rings. The van der Waals surface area contributed by atoms with Gasteiger partial charge in [0.25, 0.3) is 5.91 Å². The second-order valence-electron chi connectivity index (χ2n) is 10.5. The zero-order valence-electron chi connectivity index (χ0n) is 21.0. The highest BCUT2D eigenvalue weighted by Crippen LogP contribution is 2.65. The number of aryl methyl sites for hydroxylation is 2. The van der Waals surface area contributed by atoms with Gasteiger partial charge in [-0.3, -0.25) is 14.4 Å². The van der Waals surface area contributed by atoms with E-state index in [1.54, 1.807) is 17.9 Å². The lowest BCUT2D eigenvalue weighted by Crippen LogP contribution is -2.57. The lowest BCUT2D eigenvalue weighted by atomic mass is 9.62. The lowest BCUT2D eigenvalue weighted by Gasteiger charge is -2.38. The highest BCUT2D eigenvalue weighted by atomic mass is 16.5. The number of hydrogen-bond acceptors (Lipinski definition) is 5. The molecule has 3 aliphatic heterocycles. The molecule has 3 aliphatic rings. The molecule has 35 heavy (non-hydrogen) atoms. The van der Waals surface area contributed by atoms with Crippen LogP contribution in [0.2, 0.25) is 0 Å². The van der Waals surface area contributed by atoms with E-state index in [0.717, 1.165) is 16.8 Å². The van der Waals surface area contributed by atoms with E-state index in [9.17, 15) is 24.6 Å². The monoisotopic (exact) mass is 484 g/mol. The zero-order valence-corrected chi connectivity index (χ0v) is 21.0. The molecular formula is C27H36N2O6. The van der Waals surface area contributed by atoms with Crippen LogP contribution in [-0.2, 0) is 19.1 Å². The first kappa shape index (κ1) is 25.4. The van der Waals surface area contributed by atoms with Crippen molar-refractivity contribution >= 4 is 23.5 Å². The van der Waals surface area contributed by atoms with Crippen LogP contribution in [0.1, 0.15) is 44.2 Å². The van der Waals surface area contributed by atoms with E-state index in [-0.39, 0.29) is 37.4 Å². The number of anilines is 1. The van der Waals surface area contributed by atoms with E-state index < -0.39 is 35.0 Å². The molecule has 2 N–H and O–H groups in total. The number of aliphatic hydroxyl groups is 1. The third kappa shape index (κ3) is 3.61. The van der Waals surface area contributed by atoms with Crippen LogP contribution in [0.3, 0.4) is 0 Å². The number of carbonyl (C=O) groups is 3. The Balaban J connectivity index is 1.85. The minimum absolute atomic E-state index is 0.0242. The maximum atomic E-state index is 14.4. The van der Waals surface area contributed by atoms with Crippen molar-refractivity contribution in [2.24, 2.45) is 17.8 Å². The molecule has 3 heterocycles. The van der Waals surface area contributed by atoms with E-state index in [1.807, 2.05) is 39.0 Å². The molecule has 2 amide bonds. The second-order valence-corrected chi connectivity index (χ2v) is 10.5. The van der Waals surface area contributed by atoms with Crippen molar-refractivity contribution in [1.82, 2.24) is 4.90 Å². The number of hydrogen-bond donors (Lipinski definition) is 2. The van der Waals surface area contributed by atoms with Gasteiger partial charge in [0.2, 0.25) is 5.91 Å². The second kappa shape index (κ2) is 9.06. The molecule has 8 nitrogen and oxygen atoms in total. The number of amides is 2. The highest BCUT2D eigenvalue weighted by molar-refractivity contribution is 6.05. The average molecular weight is 485 g/mol. The number of carboxylic acids is 1. The molecule has 1 spiro atoms. The Morgan fingerprint density at radius 1 is 1.29 bits per heavy atom. The summed E-state index contributed by atoms with van der Waals surface area (Å²) in [6.07, 6.45) is 3.07. The minimum Gasteiger partial charge on any atom is -0.481 e. The van der Waals surface area contributed by atoms with Crippen LogP contribution in [0.5, 0.6) is 0 Å². The van der Waals surface area contributed by atoms with E-state index in [0.29, 0.717) is 19.3 Å². The first-order valence-electron chi connectivity index (χ1n) is 12.4. The molecule has 3 fully saturated rings. The van der Waals surface area contributed by atoms with Gasteiger partial charge in [-0.15, -0.1) is 6.58 Å². The summed E-state index contributed by atoms with van der Waals surface area (Å²) in [5, 5.41) is 19.5. The Labute approximate surface area is 206 Å². The summed E-state index contributed by atoms with van der Waals surface area (Å²) >= 11 is 0.